The van der Waals surface area contributed by atoms with E-state index in [-0.39, 0.29) is 10.8 Å². The van der Waals surface area contributed by atoms with Crippen molar-refractivity contribution in [2.24, 2.45) is 0 Å². The topological polar surface area (TPSA) is 80.2 Å². The summed E-state index contributed by atoms with van der Waals surface area (Å²) in [6.07, 6.45) is 0. The first-order chi connectivity index (χ1) is 13.7. The van der Waals surface area contributed by atoms with Crippen molar-refractivity contribution in [2.75, 3.05) is 45.7 Å². The zero-order chi connectivity index (χ0) is 21.2. The zero-order valence-corrected chi connectivity index (χ0v) is 18.1. The number of benzene rings is 2. The van der Waals surface area contributed by atoms with Crippen LogP contribution in [0.25, 0.3) is 0 Å². The van der Waals surface area contributed by atoms with Gasteiger partial charge >= 0.3 is 0 Å². The molecule has 0 aromatic heterocycles. The molecule has 0 radical (unpaired) electrons. The van der Waals surface area contributed by atoms with Crippen molar-refractivity contribution in [1.82, 2.24) is 4.31 Å². The van der Waals surface area contributed by atoms with Gasteiger partial charge < -0.3 is 15.0 Å². The Morgan fingerprint density at radius 3 is 2.38 bits per heavy atom. The number of carbonyl (C=O) groups excluding carboxylic acids is 1. The standard InChI is InChI=1S/C21H27N3O4S/c1-15-5-6-17(13-16(15)2)21(25)22-19-14-18(7-8-20(19)28-4)29(26,27)24-11-9-23(3)10-12-24/h5-8,13-14H,9-12H2,1-4H3,(H,22,25)/p+1. The van der Waals surface area contributed by atoms with E-state index in [1.54, 1.807) is 12.1 Å². The van der Waals surface area contributed by atoms with Crippen molar-refractivity contribution < 1.29 is 22.8 Å². The molecule has 0 aliphatic carbocycles. The summed E-state index contributed by atoms with van der Waals surface area (Å²) in [5, 5.41) is 2.80. The molecule has 8 heteroatoms. The Hall–Kier alpha value is -2.42. The van der Waals surface area contributed by atoms with Gasteiger partial charge in [0.15, 0.2) is 0 Å². The van der Waals surface area contributed by atoms with Gasteiger partial charge in [0.1, 0.15) is 5.75 Å². The number of anilines is 1. The van der Waals surface area contributed by atoms with Gasteiger partial charge in [-0.15, -0.1) is 0 Å². The Morgan fingerprint density at radius 2 is 1.76 bits per heavy atom. The number of amides is 1. The van der Waals surface area contributed by atoms with Crippen molar-refractivity contribution in [3.63, 3.8) is 0 Å². The summed E-state index contributed by atoms with van der Waals surface area (Å²) in [4.78, 5) is 14.2. The van der Waals surface area contributed by atoms with E-state index in [4.69, 9.17) is 4.74 Å². The Kier molecular flexibility index (Phi) is 6.26. The first-order valence-electron chi connectivity index (χ1n) is 9.60. The maximum absolute atomic E-state index is 13.0. The van der Waals surface area contributed by atoms with Crippen LogP contribution in [-0.4, -0.2) is 59.0 Å². The summed E-state index contributed by atoms with van der Waals surface area (Å²) in [7, 11) is -0.0947. The molecule has 2 aromatic carbocycles. The van der Waals surface area contributed by atoms with Crippen LogP contribution in [0.5, 0.6) is 5.75 Å². The minimum Gasteiger partial charge on any atom is -0.495 e. The predicted molar refractivity (Wildman–Crippen MR) is 112 cm³/mol. The third-order valence-electron chi connectivity index (χ3n) is 5.40. The van der Waals surface area contributed by atoms with E-state index in [0.717, 1.165) is 24.2 Å². The van der Waals surface area contributed by atoms with Gasteiger partial charge in [0.25, 0.3) is 5.91 Å². The lowest BCUT2D eigenvalue weighted by Crippen LogP contribution is -3.12. The van der Waals surface area contributed by atoms with Crippen LogP contribution >= 0.6 is 0 Å². The number of rotatable bonds is 5. The highest BCUT2D eigenvalue weighted by molar-refractivity contribution is 7.89. The highest BCUT2D eigenvalue weighted by atomic mass is 32.2. The van der Waals surface area contributed by atoms with Crippen LogP contribution in [0.15, 0.2) is 41.3 Å². The maximum Gasteiger partial charge on any atom is 0.255 e. The number of sulfonamides is 1. The van der Waals surface area contributed by atoms with Crippen molar-refractivity contribution in [2.45, 2.75) is 18.7 Å². The molecule has 1 aliphatic heterocycles. The monoisotopic (exact) mass is 418 g/mol. The summed E-state index contributed by atoms with van der Waals surface area (Å²) in [5.74, 6) is 0.0908. The quantitative estimate of drug-likeness (QED) is 0.762. The molecule has 0 atom stereocenters. The van der Waals surface area contributed by atoms with E-state index >= 15 is 0 Å². The third-order valence-corrected chi connectivity index (χ3v) is 7.30. The van der Waals surface area contributed by atoms with Gasteiger partial charge in [-0.2, -0.15) is 4.31 Å². The molecule has 29 heavy (non-hydrogen) atoms. The zero-order valence-electron chi connectivity index (χ0n) is 17.3. The van der Waals surface area contributed by atoms with Crippen LogP contribution in [-0.2, 0) is 10.0 Å². The Morgan fingerprint density at radius 1 is 1.07 bits per heavy atom. The predicted octanol–water partition coefficient (Wildman–Crippen LogP) is 1.08. The molecule has 1 saturated heterocycles. The largest absolute Gasteiger partial charge is 0.495 e. The maximum atomic E-state index is 13.0. The van der Waals surface area contributed by atoms with Gasteiger partial charge in [0.2, 0.25) is 10.0 Å². The number of piperazine rings is 1. The molecule has 0 bridgehead atoms. The molecule has 1 heterocycles. The number of ether oxygens (including phenoxy) is 1. The highest BCUT2D eigenvalue weighted by Gasteiger charge is 2.30. The molecule has 0 unspecified atom stereocenters. The fourth-order valence-corrected chi connectivity index (χ4v) is 4.75. The summed E-state index contributed by atoms with van der Waals surface area (Å²) in [5.41, 5.74) is 2.95. The second kappa shape index (κ2) is 8.52. The van der Waals surface area contributed by atoms with Crippen molar-refractivity contribution in [3.8, 4) is 5.75 Å². The van der Waals surface area contributed by atoms with Gasteiger partial charge in [-0.1, -0.05) is 6.07 Å². The van der Waals surface area contributed by atoms with Crippen LogP contribution in [0.1, 0.15) is 21.5 Å². The molecule has 0 spiro atoms. The SMILES string of the molecule is COc1ccc(S(=O)(=O)N2CC[NH+](C)CC2)cc1NC(=O)c1ccc(C)c(C)c1. The van der Waals surface area contributed by atoms with Crippen molar-refractivity contribution >= 4 is 21.6 Å². The van der Waals surface area contributed by atoms with E-state index in [2.05, 4.69) is 12.4 Å². The van der Waals surface area contributed by atoms with E-state index in [0.29, 0.717) is 30.1 Å². The molecule has 1 fully saturated rings. The summed E-state index contributed by atoms with van der Waals surface area (Å²) < 4.78 is 32.9. The van der Waals surface area contributed by atoms with Crippen LogP contribution in [0.4, 0.5) is 5.69 Å². The first kappa shape index (κ1) is 21.3. The van der Waals surface area contributed by atoms with Gasteiger partial charge in [0.05, 0.1) is 50.9 Å². The molecule has 7 nitrogen and oxygen atoms in total. The average molecular weight is 419 g/mol. The minimum absolute atomic E-state index is 0.147. The number of nitrogens with one attached hydrogen (secondary N) is 2. The number of likely N-dealkylation sites (N-methyl/N-ethyl adjacent to an activating group) is 1. The van der Waals surface area contributed by atoms with E-state index in [9.17, 15) is 13.2 Å². The van der Waals surface area contributed by atoms with E-state index in [1.165, 1.54) is 28.4 Å². The first-order valence-corrected chi connectivity index (χ1v) is 11.0. The summed E-state index contributed by atoms with van der Waals surface area (Å²) in [6.45, 7) is 6.42. The average Bonchev–Trinajstić information content (AvgIpc) is 2.70. The van der Waals surface area contributed by atoms with Crippen LogP contribution in [0.2, 0.25) is 0 Å². The van der Waals surface area contributed by atoms with Gasteiger partial charge in [-0.05, 0) is 55.3 Å². The fourth-order valence-electron chi connectivity index (χ4n) is 3.28. The number of nitrogens with zero attached hydrogens (tertiary/aromatic N) is 1. The summed E-state index contributed by atoms with van der Waals surface area (Å²) in [6, 6.07) is 10.0. The van der Waals surface area contributed by atoms with Gasteiger partial charge in [-0.25, -0.2) is 8.42 Å². The molecular weight excluding hydrogens is 390 g/mol. The molecule has 3 rings (SSSR count). The number of hydrogen-bond donors (Lipinski definition) is 2. The third kappa shape index (κ3) is 4.60. The van der Waals surface area contributed by atoms with Crippen LogP contribution in [0.3, 0.4) is 0 Å². The molecular formula is C21H28N3O4S+. The fraction of sp³-hybridized carbons (Fsp3) is 0.381. The second-order valence-electron chi connectivity index (χ2n) is 7.48. The van der Waals surface area contributed by atoms with E-state index < -0.39 is 10.0 Å². The molecule has 2 aromatic rings. The lowest BCUT2D eigenvalue weighted by Gasteiger charge is -2.29. The molecule has 156 valence electrons. The number of methoxy groups -OCH3 is 1. The van der Waals surface area contributed by atoms with Crippen LogP contribution < -0.4 is 15.0 Å². The highest BCUT2D eigenvalue weighted by Crippen LogP contribution is 2.29. The second-order valence-corrected chi connectivity index (χ2v) is 9.41. The number of quaternary nitrogens is 1. The van der Waals surface area contributed by atoms with Crippen LogP contribution in [0, 0.1) is 13.8 Å². The lowest BCUT2D eigenvalue weighted by atomic mass is 10.1. The smallest absolute Gasteiger partial charge is 0.255 e. The Labute approximate surface area is 172 Å². The van der Waals surface area contributed by atoms with Crippen molar-refractivity contribution in [1.29, 1.82) is 0 Å². The van der Waals surface area contributed by atoms with Crippen molar-refractivity contribution in [3.05, 3.63) is 53.1 Å². The molecule has 2 N–H and O–H groups in total. The normalized spacial score (nSPS) is 15.9. The molecule has 0 saturated carbocycles. The Bertz CT molecular complexity index is 1010. The van der Waals surface area contributed by atoms with Gasteiger partial charge in [-0.3, -0.25) is 4.79 Å². The molecule has 1 amide bonds. The minimum atomic E-state index is -3.63. The number of hydrogen-bond acceptors (Lipinski definition) is 4. The number of carbonyl (C=O) groups is 1. The molecule has 1 aliphatic rings. The Balaban J connectivity index is 1.88. The summed E-state index contributed by atoms with van der Waals surface area (Å²) >= 11 is 0. The lowest BCUT2D eigenvalue weighted by molar-refractivity contribution is -0.883. The van der Waals surface area contributed by atoms with Gasteiger partial charge in [0, 0.05) is 5.56 Å². The van der Waals surface area contributed by atoms with E-state index in [1.807, 2.05) is 26.0 Å². The number of aryl methyl sites for hydroxylation is 2.